The number of aryl methyl sites for hydroxylation is 1. The van der Waals surface area contributed by atoms with E-state index >= 15 is 0 Å². The predicted molar refractivity (Wildman–Crippen MR) is 72.4 cm³/mol. The Hall–Kier alpha value is -0.960. The van der Waals surface area contributed by atoms with E-state index in [1.54, 1.807) is 35.1 Å². The molecule has 1 aromatic rings. The van der Waals surface area contributed by atoms with Gasteiger partial charge in [0.25, 0.3) is 0 Å². The van der Waals surface area contributed by atoms with Gasteiger partial charge in [0.15, 0.2) is 0 Å². The summed E-state index contributed by atoms with van der Waals surface area (Å²) in [5.74, 6) is 0. The maximum absolute atomic E-state index is 12.6. The summed E-state index contributed by atoms with van der Waals surface area (Å²) in [7, 11) is 1.26. The van der Waals surface area contributed by atoms with Crippen LogP contribution in [0, 0.1) is 6.92 Å². The van der Waals surface area contributed by atoms with Crippen LogP contribution in [0.4, 0.5) is 0 Å². The molecule has 0 aliphatic heterocycles. The molecule has 0 aromatic carbocycles. The highest BCUT2D eigenvalue weighted by molar-refractivity contribution is 7.89. The largest absolute Gasteiger partial charge is 0.383 e. The number of ether oxygens (including phenoxy) is 1. The molecular formula is C11H22N4O3S. The fourth-order valence-corrected chi connectivity index (χ4v) is 3.50. The molecule has 19 heavy (non-hydrogen) atoms. The van der Waals surface area contributed by atoms with Crippen LogP contribution in [0.25, 0.3) is 0 Å². The Balaban J connectivity index is 3.16. The predicted octanol–water partition coefficient (Wildman–Crippen LogP) is 0.0929. The number of nitrogens with one attached hydrogen (secondary N) is 2. The van der Waals surface area contributed by atoms with Gasteiger partial charge in [-0.1, -0.05) is 0 Å². The minimum Gasteiger partial charge on any atom is -0.383 e. The lowest BCUT2D eigenvalue weighted by molar-refractivity contribution is 0.149. The summed E-state index contributed by atoms with van der Waals surface area (Å²) in [4.78, 5) is 0.243. The molecule has 0 aliphatic carbocycles. The molecule has 0 bridgehead atoms. The zero-order chi connectivity index (χ0) is 14.6. The lowest BCUT2D eigenvalue weighted by Gasteiger charge is -2.23. The van der Waals surface area contributed by atoms with Gasteiger partial charge < -0.3 is 10.1 Å². The zero-order valence-corrected chi connectivity index (χ0v) is 12.8. The maximum atomic E-state index is 12.6. The van der Waals surface area contributed by atoms with Crippen LogP contribution in [-0.4, -0.2) is 56.8 Å². The number of methoxy groups -OCH3 is 1. The SMILES string of the molecule is CNCc1n[nH]c(C)c1S(=O)(=O)N(C)C(C)COC. The summed E-state index contributed by atoms with van der Waals surface area (Å²) in [6.07, 6.45) is 0. The Morgan fingerprint density at radius 3 is 2.68 bits per heavy atom. The van der Waals surface area contributed by atoms with Crippen LogP contribution in [0.2, 0.25) is 0 Å². The molecule has 0 radical (unpaired) electrons. The molecule has 0 fully saturated rings. The van der Waals surface area contributed by atoms with E-state index in [0.717, 1.165) is 0 Å². The number of hydrogen-bond donors (Lipinski definition) is 2. The summed E-state index contributed by atoms with van der Waals surface area (Å²) in [5, 5.41) is 9.67. The van der Waals surface area contributed by atoms with E-state index in [-0.39, 0.29) is 10.9 Å². The Bertz CT molecular complexity index is 512. The second-order valence-corrected chi connectivity index (χ2v) is 6.41. The van der Waals surface area contributed by atoms with Crippen LogP contribution >= 0.6 is 0 Å². The van der Waals surface area contributed by atoms with E-state index in [0.29, 0.717) is 24.5 Å². The molecule has 1 heterocycles. The van der Waals surface area contributed by atoms with Crippen LogP contribution < -0.4 is 5.32 Å². The molecule has 2 N–H and O–H groups in total. The fourth-order valence-electron chi connectivity index (χ4n) is 1.83. The monoisotopic (exact) mass is 290 g/mol. The minimum atomic E-state index is -3.58. The summed E-state index contributed by atoms with van der Waals surface area (Å²) in [5.41, 5.74) is 1.04. The first-order chi connectivity index (χ1) is 8.86. The van der Waals surface area contributed by atoms with Crippen molar-refractivity contribution in [2.24, 2.45) is 0 Å². The van der Waals surface area contributed by atoms with E-state index in [4.69, 9.17) is 4.74 Å². The second kappa shape index (κ2) is 6.47. The van der Waals surface area contributed by atoms with Gasteiger partial charge in [0.1, 0.15) is 4.90 Å². The number of aromatic nitrogens is 2. The normalized spacial score (nSPS) is 14.0. The van der Waals surface area contributed by atoms with Gasteiger partial charge in [0.2, 0.25) is 10.0 Å². The lowest BCUT2D eigenvalue weighted by atomic mass is 10.4. The Morgan fingerprint density at radius 2 is 2.16 bits per heavy atom. The average Bonchev–Trinajstić information content (AvgIpc) is 2.71. The number of hydrogen-bond acceptors (Lipinski definition) is 5. The van der Waals surface area contributed by atoms with Gasteiger partial charge in [-0.25, -0.2) is 8.42 Å². The van der Waals surface area contributed by atoms with Crippen LogP contribution in [0.1, 0.15) is 18.3 Å². The van der Waals surface area contributed by atoms with Crippen molar-refractivity contribution in [1.29, 1.82) is 0 Å². The minimum absolute atomic E-state index is 0.243. The van der Waals surface area contributed by atoms with Gasteiger partial charge in [-0.05, 0) is 20.9 Å². The van der Waals surface area contributed by atoms with E-state index in [9.17, 15) is 8.42 Å². The van der Waals surface area contributed by atoms with Crippen molar-refractivity contribution in [3.8, 4) is 0 Å². The third kappa shape index (κ3) is 3.33. The van der Waals surface area contributed by atoms with E-state index in [1.807, 2.05) is 0 Å². The number of H-pyrrole nitrogens is 1. The van der Waals surface area contributed by atoms with Crippen molar-refractivity contribution in [2.45, 2.75) is 31.3 Å². The Labute approximate surface area is 114 Å². The molecule has 0 saturated heterocycles. The molecule has 0 spiro atoms. The molecule has 1 aromatic heterocycles. The zero-order valence-electron chi connectivity index (χ0n) is 12.0. The van der Waals surface area contributed by atoms with Crippen LogP contribution in [-0.2, 0) is 21.3 Å². The molecular weight excluding hydrogens is 268 g/mol. The Kier molecular flexibility index (Phi) is 5.48. The first-order valence-corrected chi connectivity index (χ1v) is 7.45. The molecule has 0 saturated carbocycles. The van der Waals surface area contributed by atoms with Gasteiger partial charge in [-0.15, -0.1) is 0 Å². The van der Waals surface area contributed by atoms with Crippen molar-refractivity contribution in [3.63, 3.8) is 0 Å². The Morgan fingerprint density at radius 1 is 1.53 bits per heavy atom. The molecule has 1 rings (SSSR count). The second-order valence-electron chi connectivity index (χ2n) is 4.48. The smallest absolute Gasteiger partial charge is 0.246 e. The van der Waals surface area contributed by atoms with E-state index in [1.165, 1.54) is 4.31 Å². The average molecular weight is 290 g/mol. The lowest BCUT2D eigenvalue weighted by Crippen LogP contribution is -2.38. The number of sulfonamides is 1. The van der Waals surface area contributed by atoms with Crippen LogP contribution in [0.3, 0.4) is 0 Å². The van der Waals surface area contributed by atoms with Gasteiger partial charge in [0, 0.05) is 26.7 Å². The number of rotatable bonds is 7. The number of likely N-dealkylation sites (N-methyl/N-ethyl adjacent to an activating group) is 1. The molecule has 110 valence electrons. The molecule has 0 amide bonds. The molecule has 0 aliphatic rings. The first-order valence-electron chi connectivity index (χ1n) is 6.01. The van der Waals surface area contributed by atoms with Gasteiger partial charge in [0.05, 0.1) is 18.0 Å². The summed E-state index contributed by atoms with van der Waals surface area (Å²) in [6, 6.07) is -0.244. The highest BCUT2D eigenvalue weighted by atomic mass is 32.2. The first kappa shape index (κ1) is 16.1. The summed E-state index contributed by atoms with van der Waals surface area (Å²) in [6.45, 7) is 4.24. The quantitative estimate of drug-likeness (QED) is 0.743. The third-order valence-electron chi connectivity index (χ3n) is 2.97. The molecule has 1 atom stereocenters. The van der Waals surface area contributed by atoms with Gasteiger partial charge in [-0.2, -0.15) is 9.40 Å². The molecule has 8 heteroatoms. The molecule has 7 nitrogen and oxygen atoms in total. The number of aromatic amines is 1. The highest BCUT2D eigenvalue weighted by Gasteiger charge is 2.30. The summed E-state index contributed by atoms with van der Waals surface area (Å²) < 4.78 is 31.5. The standard InChI is InChI=1S/C11H22N4O3S/c1-8(7-18-5)15(4)19(16,17)11-9(2)13-14-10(11)6-12-3/h8,12H,6-7H2,1-5H3,(H,13,14). The fraction of sp³-hybridized carbons (Fsp3) is 0.727. The van der Waals surface area contributed by atoms with E-state index < -0.39 is 10.0 Å². The van der Waals surface area contributed by atoms with Crippen LogP contribution in [0.15, 0.2) is 4.90 Å². The third-order valence-corrected chi connectivity index (χ3v) is 5.15. The van der Waals surface area contributed by atoms with Crippen molar-refractivity contribution in [3.05, 3.63) is 11.4 Å². The van der Waals surface area contributed by atoms with Crippen molar-refractivity contribution in [2.75, 3.05) is 27.8 Å². The van der Waals surface area contributed by atoms with E-state index in [2.05, 4.69) is 15.5 Å². The maximum Gasteiger partial charge on any atom is 0.246 e. The topological polar surface area (TPSA) is 87.3 Å². The molecule has 1 unspecified atom stereocenters. The van der Waals surface area contributed by atoms with Gasteiger partial charge in [-0.3, -0.25) is 5.10 Å². The van der Waals surface area contributed by atoms with Crippen molar-refractivity contribution in [1.82, 2.24) is 19.8 Å². The van der Waals surface area contributed by atoms with Crippen LogP contribution in [0.5, 0.6) is 0 Å². The van der Waals surface area contributed by atoms with Crippen molar-refractivity contribution >= 4 is 10.0 Å². The summed E-state index contributed by atoms with van der Waals surface area (Å²) >= 11 is 0. The highest BCUT2D eigenvalue weighted by Crippen LogP contribution is 2.22. The van der Waals surface area contributed by atoms with Crippen molar-refractivity contribution < 1.29 is 13.2 Å². The van der Waals surface area contributed by atoms with Gasteiger partial charge >= 0.3 is 0 Å². The number of nitrogens with zero attached hydrogens (tertiary/aromatic N) is 2.